The number of fused-ring (bicyclic) bond motifs is 1. The van der Waals surface area contributed by atoms with Crippen LogP contribution in [0.2, 0.25) is 0 Å². The standard InChI is InChI=1S/C27H35N5O2.ClH/c1-19(2)29-11-12-30-26(33)17-32(25-10-9-21(16-28)13-20(25)3)18-27(34)31(4)24-14-22-7-5-6-8-23(22)15-24;/h5-10,13,19,24,29H,11-12,14-15,17-18H2,1-4H3,(H,30,33);1H. The highest BCUT2D eigenvalue weighted by Crippen LogP contribution is 2.26. The van der Waals surface area contributed by atoms with Gasteiger partial charge in [-0.1, -0.05) is 38.1 Å². The summed E-state index contributed by atoms with van der Waals surface area (Å²) in [6, 6.07) is 16.3. The maximum atomic E-state index is 13.3. The third-order valence-corrected chi connectivity index (χ3v) is 6.30. The number of nitrogens with zero attached hydrogens (tertiary/aromatic N) is 3. The summed E-state index contributed by atoms with van der Waals surface area (Å²) in [6.07, 6.45) is 1.69. The van der Waals surface area contributed by atoms with Gasteiger partial charge in [-0.15, -0.1) is 12.4 Å². The van der Waals surface area contributed by atoms with Gasteiger partial charge in [-0.25, -0.2) is 0 Å². The van der Waals surface area contributed by atoms with E-state index in [2.05, 4.69) is 42.7 Å². The van der Waals surface area contributed by atoms with E-state index in [-0.39, 0.29) is 43.4 Å². The Bertz CT molecular complexity index is 1040. The molecule has 2 amide bonds. The first-order valence-corrected chi connectivity index (χ1v) is 11.9. The number of anilines is 1. The predicted octanol–water partition coefficient (Wildman–Crippen LogP) is 2.83. The van der Waals surface area contributed by atoms with Crippen molar-refractivity contribution in [1.82, 2.24) is 15.5 Å². The fourth-order valence-corrected chi connectivity index (χ4v) is 4.39. The molecule has 0 fully saturated rings. The van der Waals surface area contributed by atoms with E-state index in [1.807, 2.05) is 42.0 Å². The molecule has 3 rings (SSSR count). The van der Waals surface area contributed by atoms with Crippen molar-refractivity contribution in [2.45, 2.75) is 45.7 Å². The minimum Gasteiger partial charge on any atom is -0.353 e. The minimum absolute atomic E-state index is 0. The highest BCUT2D eigenvalue weighted by atomic mass is 35.5. The predicted molar refractivity (Wildman–Crippen MR) is 142 cm³/mol. The first-order chi connectivity index (χ1) is 16.3. The van der Waals surface area contributed by atoms with E-state index in [9.17, 15) is 14.9 Å². The molecule has 8 heteroatoms. The number of amides is 2. The lowest BCUT2D eigenvalue weighted by Gasteiger charge is -2.30. The maximum absolute atomic E-state index is 13.3. The van der Waals surface area contributed by atoms with E-state index in [4.69, 9.17) is 0 Å². The largest absolute Gasteiger partial charge is 0.353 e. The molecule has 0 unspecified atom stereocenters. The van der Waals surface area contributed by atoms with Gasteiger partial charge in [-0.05, 0) is 54.7 Å². The van der Waals surface area contributed by atoms with E-state index in [1.165, 1.54) is 11.1 Å². The lowest BCUT2D eigenvalue weighted by Crippen LogP contribution is -2.47. The topological polar surface area (TPSA) is 88.5 Å². The number of carbonyl (C=O) groups excluding carboxylic acids is 2. The molecule has 0 atom stereocenters. The molecule has 0 spiro atoms. The van der Waals surface area contributed by atoms with E-state index in [0.717, 1.165) is 24.1 Å². The van der Waals surface area contributed by atoms with Crippen LogP contribution in [-0.4, -0.2) is 62.0 Å². The molecule has 2 aromatic rings. The fraction of sp³-hybridized carbons (Fsp3) is 0.444. The summed E-state index contributed by atoms with van der Waals surface area (Å²) in [7, 11) is 1.85. The lowest BCUT2D eigenvalue weighted by atomic mass is 10.1. The van der Waals surface area contributed by atoms with Crippen molar-refractivity contribution in [3.8, 4) is 6.07 Å². The average Bonchev–Trinajstić information content (AvgIpc) is 3.25. The molecular weight excluding hydrogens is 462 g/mol. The van der Waals surface area contributed by atoms with Gasteiger partial charge in [0.25, 0.3) is 0 Å². The minimum atomic E-state index is -0.141. The average molecular weight is 498 g/mol. The van der Waals surface area contributed by atoms with Crippen molar-refractivity contribution < 1.29 is 9.59 Å². The Hall–Kier alpha value is -3.08. The van der Waals surface area contributed by atoms with Crippen LogP contribution in [0, 0.1) is 18.3 Å². The molecule has 1 aliphatic carbocycles. The van der Waals surface area contributed by atoms with Crippen LogP contribution in [0.3, 0.4) is 0 Å². The third kappa shape index (κ3) is 7.71. The Morgan fingerprint density at radius 2 is 1.74 bits per heavy atom. The highest BCUT2D eigenvalue weighted by molar-refractivity contribution is 5.87. The van der Waals surface area contributed by atoms with Crippen molar-refractivity contribution in [3.63, 3.8) is 0 Å². The molecule has 0 aromatic heterocycles. The van der Waals surface area contributed by atoms with Crippen molar-refractivity contribution in [2.24, 2.45) is 0 Å². The van der Waals surface area contributed by atoms with Gasteiger partial charge in [0, 0.05) is 37.9 Å². The maximum Gasteiger partial charge on any atom is 0.242 e. The van der Waals surface area contributed by atoms with Crippen molar-refractivity contribution in [2.75, 3.05) is 38.1 Å². The zero-order valence-electron chi connectivity index (χ0n) is 21.0. The van der Waals surface area contributed by atoms with Gasteiger partial charge in [0.15, 0.2) is 0 Å². The summed E-state index contributed by atoms with van der Waals surface area (Å²) in [5, 5.41) is 15.4. The number of hydrogen-bond donors (Lipinski definition) is 2. The van der Waals surface area contributed by atoms with Gasteiger partial charge in [0.1, 0.15) is 0 Å². The number of carbonyl (C=O) groups is 2. The molecule has 0 saturated carbocycles. The Morgan fingerprint density at radius 3 is 2.31 bits per heavy atom. The molecule has 0 bridgehead atoms. The normalized spacial score (nSPS) is 12.5. The van der Waals surface area contributed by atoms with Crippen molar-refractivity contribution >= 4 is 29.9 Å². The van der Waals surface area contributed by atoms with Crippen LogP contribution in [0.25, 0.3) is 0 Å². The van der Waals surface area contributed by atoms with Crippen molar-refractivity contribution in [3.05, 3.63) is 64.7 Å². The van der Waals surface area contributed by atoms with Gasteiger partial charge < -0.3 is 20.4 Å². The molecule has 0 radical (unpaired) electrons. The first-order valence-electron chi connectivity index (χ1n) is 11.9. The van der Waals surface area contributed by atoms with E-state index in [0.29, 0.717) is 24.7 Å². The van der Waals surface area contributed by atoms with Gasteiger partial charge in [0.05, 0.1) is 24.7 Å². The third-order valence-electron chi connectivity index (χ3n) is 6.30. The highest BCUT2D eigenvalue weighted by Gasteiger charge is 2.28. The first kappa shape index (κ1) is 28.2. The molecule has 2 aromatic carbocycles. The lowest BCUT2D eigenvalue weighted by molar-refractivity contribution is -0.130. The van der Waals surface area contributed by atoms with E-state index < -0.39 is 0 Å². The number of nitriles is 1. The second-order valence-corrected chi connectivity index (χ2v) is 9.26. The second-order valence-electron chi connectivity index (χ2n) is 9.26. The van der Waals surface area contributed by atoms with Crippen LogP contribution in [0.4, 0.5) is 5.69 Å². The monoisotopic (exact) mass is 497 g/mol. The molecule has 1 aliphatic rings. The Labute approximate surface area is 214 Å². The van der Waals surface area contributed by atoms with Crippen LogP contribution in [0.15, 0.2) is 42.5 Å². The van der Waals surface area contributed by atoms with Crippen molar-refractivity contribution in [1.29, 1.82) is 5.26 Å². The summed E-state index contributed by atoms with van der Waals surface area (Å²) in [5.41, 5.74) is 4.78. The number of rotatable bonds is 10. The summed E-state index contributed by atoms with van der Waals surface area (Å²) in [4.78, 5) is 29.6. The van der Waals surface area contributed by atoms with Crippen LogP contribution >= 0.6 is 12.4 Å². The van der Waals surface area contributed by atoms with Gasteiger partial charge in [-0.2, -0.15) is 5.26 Å². The van der Waals surface area contributed by atoms with Crippen LogP contribution in [0.1, 0.15) is 36.1 Å². The molecular formula is C27H36ClN5O2. The van der Waals surface area contributed by atoms with E-state index >= 15 is 0 Å². The van der Waals surface area contributed by atoms with Crippen LogP contribution < -0.4 is 15.5 Å². The molecule has 2 N–H and O–H groups in total. The van der Waals surface area contributed by atoms with Gasteiger partial charge >= 0.3 is 0 Å². The molecule has 0 aliphatic heterocycles. The SMILES string of the molecule is Cc1cc(C#N)ccc1N(CC(=O)NCCNC(C)C)CC(=O)N(C)C1Cc2ccccc2C1.Cl. The number of halogens is 1. The molecule has 188 valence electrons. The zero-order chi connectivity index (χ0) is 24.7. The molecule has 0 heterocycles. The fourth-order valence-electron chi connectivity index (χ4n) is 4.39. The summed E-state index contributed by atoms with van der Waals surface area (Å²) in [5.74, 6) is -0.172. The summed E-state index contributed by atoms with van der Waals surface area (Å²) >= 11 is 0. The quantitative estimate of drug-likeness (QED) is 0.493. The number of nitrogens with one attached hydrogen (secondary N) is 2. The van der Waals surface area contributed by atoms with Gasteiger partial charge in [-0.3, -0.25) is 9.59 Å². The van der Waals surface area contributed by atoms with Crippen LogP contribution in [0.5, 0.6) is 0 Å². The molecule has 7 nitrogen and oxygen atoms in total. The number of likely N-dealkylation sites (N-methyl/N-ethyl adjacent to an activating group) is 1. The Kier molecular flexibility index (Phi) is 10.6. The van der Waals surface area contributed by atoms with E-state index in [1.54, 1.807) is 12.1 Å². The van der Waals surface area contributed by atoms with Gasteiger partial charge in [0.2, 0.25) is 11.8 Å². The molecule has 35 heavy (non-hydrogen) atoms. The number of aryl methyl sites for hydroxylation is 1. The Morgan fingerprint density at radius 1 is 1.09 bits per heavy atom. The second kappa shape index (κ2) is 13.1. The smallest absolute Gasteiger partial charge is 0.242 e. The van der Waals surface area contributed by atoms with Crippen LogP contribution in [-0.2, 0) is 22.4 Å². The summed E-state index contributed by atoms with van der Waals surface area (Å²) < 4.78 is 0. The molecule has 0 saturated heterocycles. The summed E-state index contributed by atoms with van der Waals surface area (Å²) in [6.45, 7) is 7.38. The number of benzene rings is 2. The Balaban J connectivity index is 0.00000432. The number of hydrogen-bond acceptors (Lipinski definition) is 5. The zero-order valence-corrected chi connectivity index (χ0v) is 21.8.